The van der Waals surface area contributed by atoms with Gasteiger partial charge < -0.3 is 14.3 Å². The normalized spacial score (nSPS) is 12.9. The average molecular weight is 240 g/mol. The molecule has 0 fully saturated rings. The Morgan fingerprint density at radius 2 is 2.38 bits per heavy atom. The molecule has 0 amide bonds. The van der Waals surface area contributed by atoms with Gasteiger partial charge in [0.1, 0.15) is 11.6 Å². The summed E-state index contributed by atoms with van der Waals surface area (Å²) >= 11 is 5.76. The Labute approximate surface area is 99.2 Å². The second-order valence-electron chi connectivity index (χ2n) is 3.64. The van der Waals surface area contributed by atoms with E-state index in [1.165, 1.54) is 0 Å². The minimum absolute atomic E-state index is 0.0913. The van der Waals surface area contributed by atoms with E-state index >= 15 is 0 Å². The largest absolute Gasteiger partial charge is 0.448 e. The molecule has 0 bridgehead atoms. The number of likely N-dealkylation sites (N-methyl/N-ethyl adjacent to an activating group) is 1. The van der Waals surface area contributed by atoms with Crippen LogP contribution in [0.3, 0.4) is 0 Å². The van der Waals surface area contributed by atoms with Gasteiger partial charge in [0.15, 0.2) is 5.22 Å². The maximum Gasteiger partial charge on any atom is 0.193 e. The number of imidazole rings is 1. The number of nitrogens with one attached hydrogen (secondary N) is 1. The minimum Gasteiger partial charge on any atom is -0.448 e. The van der Waals surface area contributed by atoms with Gasteiger partial charge in [0, 0.05) is 25.9 Å². The van der Waals surface area contributed by atoms with Gasteiger partial charge >= 0.3 is 0 Å². The third-order valence-electron chi connectivity index (χ3n) is 2.59. The van der Waals surface area contributed by atoms with Gasteiger partial charge in [-0.05, 0) is 30.8 Å². The molecular weight excluding hydrogens is 226 g/mol. The van der Waals surface area contributed by atoms with Gasteiger partial charge in [-0.25, -0.2) is 4.98 Å². The molecule has 2 heterocycles. The third kappa shape index (κ3) is 2.28. The fourth-order valence-electron chi connectivity index (χ4n) is 1.64. The van der Waals surface area contributed by atoms with Gasteiger partial charge in [-0.2, -0.15) is 0 Å². The van der Waals surface area contributed by atoms with Crippen LogP contribution in [-0.4, -0.2) is 16.6 Å². The van der Waals surface area contributed by atoms with Crippen molar-refractivity contribution in [2.75, 3.05) is 7.05 Å². The first-order valence-electron chi connectivity index (χ1n) is 5.09. The van der Waals surface area contributed by atoms with Crippen LogP contribution in [-0.2, 0) is 13.5 Å². The van der Waals surface area contributed by atoms with Gasteiger partial charge in [-0.1, -0.05) is 0 Å². The molecule has 86 valence electrons. The number of rotatable bonds is 4. The van der Waals surface area contributed by atoms with E-state index in [2.05, 4.69) is 10.3 Å². The number of hydrogen-bond acceptors (Lipinski definition) is 3. The summed E-state index contributed by atoms with van der Waals surface area (Å²) in [4.78, 5) is 4.28. The third-order valence-corrected chi connectivity index (χ3v) is 2.80. The van der Waals surface area contributed by atoms with Crippen molar-refractivity contribution in [2.24, 2.45) is 7.05 Å². The second kappa shape index (κ2) is 4.72. The lowest BCUT2D eigenvalue weighted by molar-refractivity contribution is 0.423. The predicted octanol–water partition coefficient (Wildman–Crippen LogP) is 2.17. The average Bonchev–Trinajstić information content (AvgIpc) is 2.85. The van der Waals surface area contributed by atoms with E-state index in [1.54, 1.807) is 12.3 Å². The summed E-state index contributed by atoms with van der Waals surface area (Å²) in [6.07, 6.45) is 4.48. The Morgan fingerprint density at radius 3 is 2.88 bits per heavy atom. The molecule has 0 radical (unpaired) electrons. The Hall–Kier alpha value is -1.26. The van der Waals surface area contributed by atoms with Crippen molar-refractivity contribution < 1.29 is 4.42 Å². The Balaban J connectivity index is 2.15. The van der Waals surface area contributed by atoms with Crippen molar-refractivity contribution in [3.63, 3.8) is 0 Å². The van der Waals surface area contributed by atoms with Crippen LogP contribution in [0.25, 0.3) is 0 Å². The summed E-state index contributed by atoms with van der Waals surface area (Å²) in [7, 11) is 3.87. The molecule has 1 atom stereocenters. The summed E-state index contributed by atoms with van der Waals surface area (Å²) in [5.74, 6) is 1.84. The molecule has 0 spiro atoms. The molecule has 2 aromatic rings. The number of furan rings is 1. The zero-order chi connectivity index (χ0) is 11.5. The first-order chi connectivity index (χ1) is 7.70. The number of hydrogen-bond donors (Lipinski definition) is 1. The van der Waals surface area contributed by atoms with E-state index in [4.69, 9.17) is 16.0 Å². The molecule has 0 aromatic carbocycles. The minimum atomic E-state index is 0.0913. The zero-order valence-corrected chi connectivity index (χ0v) is 10.0. The lowest BCUT2D eigenvalue weighted by Crippen LogP contribution is -2.19. The van der Waals surface area contributed by atoms with E-state index in [9.17, 15) is 0 Å². The molecule has 0 aliphatic carbocycles. The number of aromatic nitrogens is 2. The van der Waals surface area contributed by atoms with E-state index in [1.807, 2.05) is 30.9 Å². The molecule has 1 N–H and O–H groups in total. The number of nitrogens with zero attached hydrogens (tertiary/aromatic N) is 2. The Bertz CT molecular complexity index is 463. The van der Waals surface area contributed by atoms with Crippen molar-refractivity contribution in [3.05, 3.63) is 41.3 Å². The van der Waals surface area contributed by atoms with Gasteiger partial charge in [-0.3, -0.25) is 0 Å². The molecule has 2 aromatic heterocycles. The molecule has 4 nitrogen and oxygen atoms in total. The van der Waals surface area contributed by atoms with Gasteiger partial charge in [0.2, 0.25) is 0 Å². The first-order valence-corrected chi connectivity index (χ1v) is 5.47. The summed E-state index contributed by atoms with van der Waals surface area (Å²) < 4.78 is 7.39. The molecule has 5 heteroatoms. The van der Waals surface area contributed by atoms with Gasteiger partial charge in [0.25, 0.3) is 0 Å². The standard InChI is InChI=1S/C11H14ClN3O/c1-13-8(9-3-4-10(12)16-9)7-11-14-5-6-15(11)2/h3-6,8,13H,7H2,1-2H3. The highest BCUT2D eigenvalue weighted by Crippen LogP contribution is 2.22. The fourth-order valence-corrected chi connectivity index (χ4v) is 1.79. The van der Waals surface area contributed by atoms with Crippen LogP contribution in [0.4, 0.5) is 0 Å². The van der Waals surface area contributed by atoms with Crippen molar-refractivity contribution >= 4 is 11.6 Å². The fraction of sp³-hybridized carbons (Fsp3) is 0.364. The van der Waals surface area contributed by atoms with E-state index in [0.29, 0.717) is 5.22 Å². The predicted molar refractivity (Wildman–Crippen MR) is 62.4 cm³/mol. The molecular formula is C11H14ClN3O. The lowest BCUT2D eigenvalue weighted by atomic mass is 10.1. The number of halogens is 1. The highest BCUT2D eigenvalue weighted by atomic mass is 35.5. The SMILES string of the molecule is CNC(Cc1nccn1C)c1ccc(Cl)o1. The van der Waals surface area contributed by atoms with E-state index < -0.39 is 0 Å². The van der Waals surface area contributed by atoms with Gasteiger partial charge in [-0.15, -0.1) is 0 Å². The van der Waals surface area contributed by atoms with Crippen LogP contribution < -0.4 is 5.32 Å². The van der Waals surface area contributed by atoms with Crippen molar-refractivity contribution in [3.8, 4) is 0 Å². The highest BCUT2D eigenvalue weighted by Gasteiger charge is 2.16. The van der Waals surface area contributed by atoms with Crippen LogP contribution in [0.2, 0.25) is 5.22 Å². The molecule has 16 heavy (non-hydrogen) atoms. The monoisotopic (exact) mass is 239 g/mol. The smallest absolute Gasteiger partial charge is 0.193 e. The van der Waals surface area contributed by atoms with Crippen molar-refractivity contribution in [1.29, 1.82) is 0 Å². The van der Waals surface area contributed by atoms with Gasteiger partial charge in [0.05, 0.1) is 6.04 Å². The van der Waals surface area contributed by atoms with E-state index in [0.717, 1.165) is 18.0 Å². The Kier molecular flexibility index (Phi) is 3.31. The summed E-state index contributed by atoms with van der Waals surface area (Å²) in [5, 5.41) is 3.60. The summed E-state index contributed by atoms with van der Waals surface area (Å²) in [6.45, 7) is 0. The van der Waals surface area contributed by atoms with Crippen molar-refractivity contribution in [1.82, 2.24) is 14.9 Å². The molecule has 0 aliphatic rings. The number of aryl methyl sites for hydroxylation is 1. The Morgan fingerprint density at radius 1 is 1.56 bits per heavy atom. The summed E-state index contributed by atoms with van der Waals surface area (Å²) in [5.41, 5.74) is 0. The molecule has 2 rings (SSSR count). The van der Waals surface area contributed by atoms with E-state index in [-0.39, 0.29) is 6.04 Å². The van der Waals surface area contributed by atoms with Crippen LogP contribution in [0.5, 0.6) is 0 Å². The van der Waals surface area contributed by atoms with Crippen molar-refractivity contribution in [2.45, 2.75) is 12.5 Å². The molecule has 0 aliphatic heterocycles. The first kappa shape index (κ1) is 11.2. The van der Waals surface area contributed by atoms with Crippen LogP contribution in [0, 0.1) is 0 Å². The molecule has 0 saturated heterocycles. The maximum absolute atomic E-state index is 5.76. The second-order valence-corrected chi connectivity index (χ2v) is 4.01. The highest BCUT2D eigenvalue weighted by molar-refractivity contribution is 6.28. The quantitative estimate of drug-likeness (QED) is 0.889. The molecule has 1 unspecified atom stereocenters. The topological polar surface area (TPSA) is 43.0 Å². The zero-order valence-electron chi connectivity index (χ0n) is 9.27. The summed E-state index contributed by atoms with van der Waals surface area (Å²) in [6, 6.07) is 3.72. The lowest BCUT2D eigenvalue weighted by Gasteiger charge is -2.13. The van der Waals surface area contributed by atoms with Crippen LogP contribution in [0.15, 0.2) is 28.9 Å². The van der Waals surface area contributed by atoms with Crippen LogP contribution >= 0.6 is 11.6 Å². The van der Waals surface area contributed by atoms with Crippen LogP contribution in [0.1, 0.15) is 17.6 Å². The molecule has 0 saturated carbocycles. The maximum atomic E-state index is 5.76.